The second-order valence-electron chi connectivity index (χ2n) is 4.50. The number of nitrogens with two attached hydrogens (primary N) is 1. The number of amides is 1. The first-order valence-corrected chi connectivity index (χ1v) is 6.11. The van der Waals surface area contributed by atoms with Crippen LogP contribution in [0.5, 0.6) is 0 Å². The fraction of sp³-hybridized carbons (Fsp3) is 0.0714. The van der Waals surface area contributed by atoms with Crippen LogP contribution in [-0.4, -0.2) is 20.9 Å². The van der Waals surface area contributed by atoms with Crippen LogP contribution in [0.25, 0.3) is 11.0 Å². The number of aryl methyl sites for hydroxylation is 1. The van der Waals surface area contributed by atoms with Gasteiger partial charge in [-0.25, -0.2) is 9.97 Å². The molecule has 0 aliphatic heterocycles. The van der Waals surface area contributed by atoms with Gasteiger partial charge in [0.1, 0.15) is 17.8 Å². The third-order valence-corrected chi connectivity index (χ3v) is 2.99. The van der Waals surface area contributed by atoms with Gasteiger partial charge >= 0.3 is 0 Å². The normalized spacial score (nSPS) is 10.7. The van der Waals surface area contributed by atoms with Crippen molar-refractivity contribution in [2.24, 2.45) is 5.73 Å². The van der Waals surface area contributed by atoms with E-state index in [0.29, 0.717) is 11.4 Å². The molecule has 2 aromatic heterocycles. The van der Waals surface area contributed by atoms with Crippen LogP contribution in [0, 0.1) is 6.92 Å². The number of anilines is 2. The summed E-state index contributed by atoms with van der Waals surface area (Å²) < 4.78 is 0. The molecule has 0 radical (unpaired) electrons. The van der Waals surface area contributed by atoms with Crippen molar-refractivity contribution >= 4 is 28.4 Å². The largest absolute Gasteiger partial charge is 0.366 e. The summed E-state index contributed by atoms with van der Waals surface area (Å²) in [6.07, 6.45) is 1.50. The molecule has 0 unspecified atom stereocenters. The average molecular weight is 267 g/mol. The summed E-state index contributed by atoms with van der Waals surface area (Å²) in [5, 5.41) is 4.12. The Morgan fingerprint density at radius 1 is 1.25 bits per heavy atom. The summed E-state index contributed by atoms with van der Waals surface area (Å²) in [4.78, 5) is 22.6. The number of aromatic amines is 1. The standard InChI is InChI=1S/C14H13N5O/c1-8-6-11-13(18-8)16-7-17-14(11)19-10-4-2-9(3-5-10)12(15)20/h2-7H,1H3,(H2,15,20)(H2,16,17,18,19). The van der Waals surface area contributed by atoms with Crippen LogP contribution in [0.2, 0.25) is 0 Å². The van der Waals surface area contributed by atoms with Crippen molar-refractivity contribution in [1.29, 1.82) is 0 Å². The highest BCUT2D eigenvalue weighted by atomic mass is 16.1. The molecule has 20 heavy (non-hydrogen) atoms. The summed E-state index contributed by atoms with van der Waals surface area (Å²) in [6.45, 7) is 1.97. The van der Waals surface area contributed by atoms with Crippen molar-refractivity contribution in [3.05, 3.63) is 47.9 Å². The number of fused-ring (bicyclic) bond motifs is 1. The Labute approximate surface area is 115 Å². The van der Waals surface area contributed by atoms with Gasteiger partial charge in [0, 0.05) is 16.9 Å². The lowest BCUT2D eigenvalue weighted by Crippen LogP contribution is -2.10. The lowest BCUT2D eigenvalue weighted by atomic mass is 10.2. The van der Waals surface area contributed by atoms with E-state index in [0.717, 1.165) is 22.4 Å². The molecule has 4 N–H and O–H groups in total. The van der Waals surface area contributed by atoms with E-state index in [1.54, 1.807) is 24.3 Å². The van der Waals surface area contributed by atoms with Gasteiger partial charge in [-0.05, 0) is 37.3 Å². The summed E-state index contributed by atoms with van der Waals surface area (Å²) in [5.74, 6) is 0.272. The van der Waals surface area contributed by atoms with Crippen LogP contribution in [0.1, 0.15) is 16.1 Å². The summed E-state index contributed by atoms with van der Waals surface area (Å²) in [5.41, 5.74) is 8.32. The molecule has 3 aromatic rings. The minimum atomic E-state index is -0.442. The average Bonchev–Trinajstić information content (AvgIpc) is 2.81. The van der Waals surface area contributed by atoms with E-state index in [1.165, 1.54) is 6.33 Å². The number of rotatable bonds is 3. The zero-order valence-corrected chi connectivity index (χ0v) is 10.8. The molecule has 0 bridgehead atoms. The highest BCUT2D eigenvalue weighted by Gasteiger charge is 2.07. The first-order chi connectivity index (χ1) is 9.63. The maximum absolute atomic E-state index is 11.0. The third kappa shape index (κ3) is 2.18. The Morgan fingerprint density at radius 2 is 2.00 bits per heavy atom. The van der Waals surface area contributed by atoms with Gasteiger partial charge in [-0.1, -0.05) is 0 Å². The lowest BCUT2D eigenvalue weighted by molar-refractivity contribution is 0.100. The predicted molar refractivity (Wildman–Crippen MR) is 76.9 cm³/mol. The number of benzene rings is 1. The van der Waals surface area contributed by atoms with Crippen LogP contribution in [0.4, 0.5) is 11.5 Å². The van der Waals surface area contributed by atoms with Gasteiger partial charge in [0.05, 0.1) is 5.39 Å². The number of primary amides is 1. The van der Waals surface area contributed by atoms with Crippen molar-refractivity contribution in [1.82, 2.24) is 15.0 Å². The van der Waals surface area contributed by atoms with Crippen molar-refractivity contribution < 1.29 is 4.79 Å². The molecular formula is C14H13N5O. The predicted octanol–water partition coefficient (Wildman–Crippen LogP) is 2.11. The second kappa shape index (κ2) is 4.65. The fourth-order valence-corrected chi connectivity index (χ4v) is 2.03. The SMILES string of the molecule is Cc1cc2c(Nc3ccc(C(N)=O)cc3)ncnc2[nH]1. The number of H-pyrrole nitrogens is 1. The van der Waals surface area contributed by atoms with Gasteiger partial charge in [-0.2, -0.15) is 0 Å². The van der Waals surface area contributed by atoms with Crippen LogP contribution >= 0.6 is 0 Å². The van der Waals surface area contributed by atoms with Gasteiger partial charge in [0.2, 0.25) is 5.91 Å². The Morgan fingerprint density at radius 3 is 2.70 bits per heavy atom. The minimum Gasteiger partial charge on any atom is -0.366 e. The fourth-order valence-electron chi connectivity index (χ4n) is 2.03. The summed E-state index contributed by atoms with van der Waals surface area (Å²) in [6, 6.07) is 8.90. The molecule has 6 nitrogen and oxygen atoms in total. The van der Waals surface area contributed by atoms with Crippen LogP contribution < -0.4 is 11.1 Å². The smallest absolute Gasteiger partial charge is 0.248 e. The van der Waals surface area contributed by atoms with Crippen molar-refractivity contribution in [3.8, 4) is 0 Å². The number of hydrogen-bond donors (Lipinski definition) is 3. The van der Waals surface area contributed by atoms with E-state index in [4.69, 9.17) is 5.73 Å². The molecule has 3 rings (SSSR count). The van der Waals surface area contributed by atoms with Crippen molar-refractivity contribution in [3.63, 3.8) is 0 Å². The zero-order chi connectivity index (χ0) is 14.1. The highest BCUT2D eigenvalue weighted by molar-refractivity contribution is 5.93. The maximum Gasteiger partial charge on any atom is 0.248 e. The monoisotopic (exact) mass is 267 g/mol. The number of nitrogens with one attached hydrogen (secondary N) is 2. The molecule has 0 spiro atoms. The minimum absolute atomic E-state index is 0.442. The number of hydrogen-bond acceptors (Lipinski definition) is 4. The van der Waals surface area contributed by atoms with E-state index in [9.17, 15) is 4.79 Å². The molecule has 0 fully saturated rings. The Hall–Kier alpha value is -2.89. The molecule has 0 atom stereocenters. The molecule has 0 aliphatic rings. The molecule has 2 heterocycles. The zero-order valence-electron chi connectivity index (χ0n) is 10.8. The number of aromatic nitrogens is 3. The van der Waals surface area contributed by atoms with E-state index < -0.39 is 5.91 Å². The molecule has 1 aromatic carbocycles. The van der Waals surface area contributed by atoms with Gasteiger partial charge in [-0.3, -0.25) is 4.79 Å². The van der Waals surface area contributed by atoms with Crippen molar-refractivity contribution in [2.45, 2.75) is 6.92 Å². The second-order valence-corrected chi connectivity index (χ2v) is 4.50. The number of carbonyl (C=O) groups is 1. The Kier molecular flexibility index (Phi) is 2.83. The highest BCUT2D eigenvalue weighted by Crippen LogP contribution is 2.23. The molecule has 0 saturated heterocycles. The van der Waals surface area contributed by atoms with Gasteiger partial charge in [0.15, 0.2) is 0 Å². The quantitative estimate of drug-likeness (QED) is 0.677. The van der Waals surface area contributed by atoms with Crippen LogP contribution in [0.3, 0.4) is 0 Å². The number of nitrogens with zero attached hydrogens (tertiary/aromatic N) is 2. The molecule has 0 saturated carbocycles. The molecule has 100 valence electrons. The molecule has 6 heteroatoms. The van der Waals surface area contributed by atoms with Crippen LogP contribution in [0.15, 0.2) is 36.7 Å². The molecular weight excluding hydrogens is 254 g/mol. The van der Waals surface area contributed by atoms with Crippen molar-refractivity contribution in [2.75, 3.05) is 5.32 Å². The third-order valence-electron chi connectivity index (χ3n) is 2.99. The lowest BCUT2D eigenvalue weighted by Gasteiger charge is -2.06. The Balaban J connectivity index is 1.94. The molecule has 1 amide bonds. The van der Waals surface area contributed by atoms with E-state index in [1.807, 2.05) is 13.0 Å². The molecule has 0 aliphatic carbocycles. The summed E-state index contributed by atoms with van der Waals surface area (Å²) >= 11 is 0. The first kappa shape index (κ1) is 12.2. The number of carbonyl (C=O) groups excluding carboxylic acids is 1. The van der Waals surface area contributed by atoms with Gasteiger partial charge in [-0.15, -0.1) is 0 Å². The van der Waals surface area contributed by atoms with Gasteiger partial charge < -0.3 is 16.0 Å². The van der Waals surface area contributed by atoms with E-state index >= 15 is 0 Å². The van der Waals surface area contributed by atoms with E-state index in [-0.39, 0.29) is 0 Å². The topological polar surface area (TPSA) is 96.7 Å². The van der Waals surface area contributed by atoms with Gasteiger partial charge in [0.25, 0.3) is 0 Å². The van der Waals surface area contributed by atoms with Crippen LogP contribution in [-0.2, 0) is 0 Å². The van der Waals surface area contributed by atoms with E-state index in [2.05, 4.69) is 20.3 Å². The Bertz CT molecular complexity index is 776. The summed E-state index contributed by atoms with van der Waals surface area (Å²) in [7, 11) is 0. The maximum atomic E-state index is 11.0. The first-order valence-electron chi connectivity index (χ1n) is 6.11.